The molecule has 3 nitrogen and oxygen atoms in total. The zero-order valence-corrected chi connectivity index (χ0v) is 11.3. The second-order valence-electron chi connectivity index (χ2n) is 4.90. The zero-order chi connectivity index (χ0) is 13.4. The van der Waals surface area contributed by atoms with Crippen LogP contribution in [-0.4, -0.2) is 36.1 Å². The molecular formula is C15H23NO2. The molecule has 1 atom stereocenters. The molecule has 0 aliphatic rings. The van der Waals surface area contributed by atoms with E-state index in [1.54, 1.807) is 0 Å². The average molecular weight is 249 g/mol. The van der Waals surface area contributed by atoms with Crippen molar-refractivity contribution >= 4 is 5.97 Å². The van der Waals surface area contributed by atoms with Crippen LogP contribution in [0.2, 0.25) is 0 Å². The first-order valence-electron chi connectivity index (χ1n) is 6.55. The summed E-state index contributed by atoms with van der Waals surface area (Å²) >= 11 is 0. The number of aliphatic carboxylic acids is 1. The van der Waals surface area contributed by atoms with Crippen LogP contribution in [0.5, 0.6) is 0 Å². The van der Waals surface area contributed by atoms with Gasteiger partial charge < -0.3 is 10.0 Å². The molecular weight excluding hydrogens is 226 g/mol. The standard InChI is InChI=1S/C15H23NO2/c1-13(14-7-4-3-5-8-14)10-12-16(2)11-6-9-15(17)18/h3-5,7-8,13H,6,9-12H2,1-2H3,(H,17,18). The van der Waals surface area contributed by atoms with Gasteiger partial charge in [0.15, 0.2) is 0 Å². The first-order chi connectivity index (χ1) is 8.59. The maximum Gasteiger partial charge on any atom is 0.303 e. The van der Waals surface area contributed by atoms with E-state index in [1.165, 1.54) is 5.56 Å². The lowest BCUT2D eigenvalue weighted by molar-refractivity contribution is -0.137. The summed E-state index contributed by atoms with van der Waals surface area (Å²) in [6.45, 7) is 4.10. The monoisotopic (exact) mass is 249 g/mol. The van der Waals surface area contributed by atoms with Gasteiger partial charge in [0.2, 0.25) is 0 Å². The molecule has 0 bridgehead atoms. The number of carboxylic acids is 1. The molecule has 0 spiro atoms. The van der Waals surface area contributed by atoms with Crippen molar-refractivity contribution < 1.29 is 9.90 Å². The van der Waals surface area contributed by atoms with E-state index in [9.17, 15) is 4.79 Å². The van der Waals surface area contributed by atoms with Crippen molar-refractivity contribution in [2.75, 3.05) is 20.1 Å². The molecule has 100 valence electrons. The Morgan fingerprint density at radius 2 is 1.94 bits per heavy atom. The third-order valence-electron chi connectivity index (χ3n) is 3.24. The van der Waals surface area contributed by atoms with Crippen LogP contribution in [0.4, 0.5) is 0 Å². The maximum absolute atomic E-state index is 10.4. The van der Waals surface area contributed by atoms with E-state index < -0.39 is 5.97 Å². The highest BCUT2D eigenvalue weighted by Gasteiger charge is 2.07. The summed E-state index contributed by atoms with van der Waals surface area (Å²) in [4.78, 5) is 12.6. The van der Waals surface area contributed by atoms with E-state index in [0.29, 0.717) is 5.92 Å². The van der Waals surface area contributed by atoms with Crippen LogP contribution >= 0.6 is 0 Å². The summed E-state index contributed by atoms with van der Waals surface area (Å²) < 4.78 is 0. The topological polar surface area (TPSA) is 40.5 Å². The molecule has 0 fully saturated rings. The van der Waals surface area contributed by atoms with Crippen LogP contribution in [-0.2, 0) is 4.79 Å². The maximum atomic E-state index is 10.4. The van der Waals surface area contributed by atoms with Gasteiger partial charge in [0.05, 0.1) is 0 Å². The molecule has 1 aromatic rings. The van der Waals surface area contributed by atoms with Crippen LogP contribution < -0.4 is 0 Å². The lowest BCUT2D eigenvalue weighted by Crippen LogP contribution is -2.22. The lowest BCUT2D eigenvalue weighted by Gasteiger charge is -2.19. The fraction of sp³-hybridized carbons (Fsp3) is 0.533. The van der Waals surface area contributed by atoms with E-state index in [2.05, 4.69) is 43.1 Å². The SMILES string of the molecule is CC(CCN(C)CCCC(=O)O)c1ccccc1. The summed E-state index contributed by atoms with van der Waals surface area (Å²) in [6.07, 6.45) is 2.09. The Bertz CT molecular complexity index is 351. The van der Waals surface area contributed by atoms with Crippen molar-refractivity contribution in [3.05, 3.63) is 35.9 Å². The highest BCUT2D eigenvalue weighted by atomic mass is 16.4. The Labute approximate surface area is 109 Å². The fourth-order valence-corrected chi connectivity index (χ4v) is 1.97. The number of carbonyl (C=O) groups is 1. The van der Waals surface area contributed by atoms with E-state index in [4.69, 9.17) is 5.11 Å². The van der Waals surface area contributed by atoms with Gasteiger partial charge in [0, 0.05) is 6.42 Å². The molecule has 0 heterocycles. The van der Waals surface area contributed by atoms with Crippen LogP contribution in [0.15, 0.2) is 30.3 Å². The molecule has 0 aliphatic heterocycles. The van der Waals surface area contributed by atoms with E-state index >= 15 is 0 Å². The Morgan fingerprint density at radius 3 is 2.56 bits per heavy atom. The Balaban J connectivity index is 2.22. The lowest BCUT2D eigenvalue weighted by atomic mass is 9.98. The molecule has 1 aromatic carbocycles. The molecule has 0 radical (unpaired) electrons. The number of nitrogens with zero attached hydrogens (tertiary/aromatic N) is 1. The molecule has 1 N–H and O–H groups in total. The minimum Gasteiger partial charge on any atom is -0.481 e. The van der Waals surface area contributed by atoms with Crippen LogP contribution in [0, 0.1) is 0 Å². The summed E-state index contributed by atoms with van der Waals surface area (Å²) in [5.74, 6) is -0.158. The predicted octanol–water partition coefficient (Wildman–Crippen LogP) is 2.98. The van der Waals surface area contributed by atoms with E-state index in [-0.39, 0.29) is 6.42 Å². The molecule has 1 rings (SSSR count). The van der Waals surface area contributed by atoms with Gasteiger partial charge in [-0.15, -0.1) is 0 Å². The molecule has 3 heteroatoms. The van der Waals surface area contributed by atoms with Crippen molar-refractivity contribution in [3.8, 4) is 0 Å². The quantitative estimate of drug-likeness (QED) is 0.770. The molecule has 0 amide bonds. The highest BCUT2D eigenvalue weighted by molar-refractivity contribution is 5.66. The highest BCUT2D eigenvalue weighted by Crippen LogP contribution is 2.18. The third-order valence-corrected chi connectivity index (χ3v) is 3.24. The normalized spacial score (nSPS) is 12.6. The average Bonchev–Trinajstić information content (AvgIpc) is 2.36. The molecule has 0 saturated carbocycles. The Kier molecular flexibility index (Phi) is 6.44. The van der Waals surface area contributed by atoms with Crippen molar-refractivity contribution in [2.45, 2.75) is 32.1 Å². The molecule has 18 heavy (non-hydrogen) atoms. The third kappa shape index (κ3) is 5.82. The van der Waals surface area contributed by atoms with E-state index in [0.717, 1.165) is 25.9 Å². The molecule has 0 aromatic heterocycles. The van der Waals surface area contributed by atoms with Crippen LogP contribution in [0.3, 0.4) is 0 Å². The number of rotatable bonds is 8. The number of hydrogen-bond donors (Lipinski definition) is 1. The Hall–Kier alpha value is -1.35. The summed E-state index contributed by atoms with van der Waals surface area (Å²) in [7, 11) is 2.06. The van der Waals surface area contributed by atoms with Gasteiger partial charge in [-0.3, -0.25) is 4.79 Å². The first-order valence-corrected chi connectivity index (χ1v) is 6.55. The Morgan fingerprint density at radius 1 is 1.28 bits per heavy atom. The molecule has 0 aliphatic carbocycles. The van der Waals surface area contributed by atoms with E-state index in [1.807, 2.05) is 6.07 Å². The van der Waals surface area contributed by atoms with Gasteiger partial charge in [-0.2, -0.15) is 0 Å². The number of hydrogen-bond acceptors (Lipinski definition) is 2. The summed E-state index contributed by atoms with van der Waals surface area (Å²) in [6, 6.07) is 10.5. The minimum absolute atomic E-state index is 0.262. The minimum atomic E-state index is -0.707. The van der Waals surface area contributed by atoms with Gasteiger partial charge in [-0.25, -0.2) is 0 Å². The van der Waals surface area contributed by atoms with Gasteiger partial charge in [0.1, 0.15) is 0 Å². The van der Waals surface area contributed by atoms with Crippen molar-refractivity contribution in [1.82, 2.24) is 4.90 Å². The van der Waals surface area contributed by atoms with Gasteiger partial charge >= 0.3 is 5.97 Å². The fourth-order valence-electron chi connectivity index (χ4n) is 1.97. The number of carboxylic acid groups (broad SMARTS) is 1. The predicted molar refractivity (Wildman–Crippen MR) is 73.8 cm³/mol. The smallest absolute Gasteiger partial charge is 0.303 e. The first kappa shape index (κ1) is 14.7. The van der Waals surface area contributed by atoms with Crippen LogP contribution in [0.1, 0.15) is 37.7 Å². The number of benzene rings is 1. The molecule has 1 unspecified atom stereocenters. The van der Waals surface area contributed by atoms with Crippen molar-refractivity contribution in [2.24, 2.45) is 0 Å². The summed E-state index contributed by atoms with van der Waals surface area (Å²) in [5, 5.41) is 8.57. The zero-order valence-electron chi connectivity index (χ0n) is 11.3. The van der Waals surface area contributed by atoms with Gasteiger partial charge in [0.25, 0.3) is 0 Å². The van der Waals surface area contributed by atoms with Crippen molar-refractivity contribution in [3.63, 3.8) is 0 Å². The van der Waals surface area contributed by atoms with Crippen molar-refractivity contribution in [1.29, 1.82) is 0 Å². The molecule has 0 saturated heterocycles. The van der Waals surface area contributed by atoms with Gasteiger partial charge in [-0.1, -0.05) is 37.3 Å². The van der Waals surface area contributed by atoms with Crippen LogP contribution in [0.25, 0.3) is 0 Å². The second kappa shape index (κ2) is 7.88. The summed E-state index contributed by atoms with van der Waals surface area (Å²) in [5.41, 5.74) is 1.37. The van der Waals surface area contributed by atoms with Gasteiger partial charge in [-0.05, 0) is 44.5 Å². The second-order valence-corrected chi connectivity index (χ2v) is 4.90. The largest absolute Gasteiger partial charge is 0.481 e.